The summed E-state index contributed by atoms with van der Waals surface area (Å²) in [5.41, 5.74) is 0. The van der Waals surface area contributed by atoms with Gasteiger partial charge in [-0.2, -0.15) is 4.72 Å². The van der Waals surface area contributed by atoms with Gasteiger partial charge < -0.3 is 10.1 Å². The summed E-state index contributed by atoms with van der Waals surface area (Å²) >= 11 is 5.81. The zero-order valence-corrected chi connectivity index (χ0v) is 16.8. The SMILES string of the molecule is CNC(=O)NC(=O)[C@H](C)OC(=O)[C@@H](NS(=O)(=O)c1cccc(Cl)c1)C(C)C. The normalized spacial score (nSPS) is 13.6. The number of hydrogen-bond acceptors (Lipinski definition) is 6. The molecule has 0 aliphatic carbocycles. The van der Waals surface area contributed by atoms with Gasteiger partial charge in [0.15, 0.2) is 6.10 Å². The van der Waals surface area contributed by atoms with Gasteiger partial charge in [-0.1, -0.05) is 31.5 Å². The van der Waals surface area contributed by atoms with Crippen LogP contribution in [0, 0.1) is 5.92 Å². The van der Waals surface area contributed by atoms with Crippen LogP contribution >= 0.6 is 11.6 Å². The summed E-state index contributed by atoms with van der Waals surface area (Å²) in [4.78, 5) is 35.2. The summed E-state index contributed by atoms with van der Waals surface area (Å²) in [6.45, 7) is 4.49. The second kappa shape index (κ2) is 9.67. The van der Waals surface area contributed by atoms with Gasteiger partial charge in [0, 0.05) is 12.1 Å². The predicted octanol–water partition coefficient (Wildman–Crippen LogP) is 1.03. The first kappa shape index (κ1) is 22.9. The Morgan fingerprint density at radius 3 is 2.30 bits per heavy atom. The minimum Gasteiger partial charge on any atom is -0.451 e. The van der Waals surface area contributed by atoms with Gasteiger partial charge in [-0.25, -0.2) is 13.2 Å². The highest BCUT2D eigenvalue weighted by Crippen LogP contribution is 2.17. The van der Waals surface area contributed by atoms with Crippen molar-refractivity contribution in [1.29, 1.82) is 0 Å². The fourth-order valence-electron chi connectivity index (χ4n) is 1.90. The number of sulfonamides is 1. The second-order valence-electron chi connectivity index (χ2n) is 5.95. The zero-order chi connectivity index (χ0) is 20.8. The molecule has 0 fully saturated rings. The van der Waals surface area contributed by atoms with Crippen molar-refractivity contribution in [3.8, 4) is 0 Å². The van der Waals surface area contributed by atoms with E-state index in [4.69, 9.17) is 16.3 Å². The molecule has 0 heterocycles. The second-order valence-corrected chi connectivity index (χ2v) is 8.10. The molecule has 1 aromatic carbocycles. The van der Waals surface area contributed by atoms with Gasteiger partial charge in [0.2, 0.25) is 10.0 Å². The van der Waals surface area contributed by atoms with Gasteiger partial charge >= 0.3 is 12.0 Å². The average Bonchev–Trinajstić information content (AvgIpc) is 2.59. The fourth-order valence-corrected chi connectivity index (χ4v) is 3.54. The third-order valence-corrected chi connectivity index (χ3v) is 5.11. The third kappa shape index (κ3) is 6.81. The molecule has 11 heteroatoms. The van der Waals surface area contributed by atoms with E-state index in [9.17, 15) is 22.8 Å². The summed E-state index contributed by atoms with van der Waals surface area (Å²) in [6, 6.07) is 3.54. The van der Waals surface area contributed by atoms with Crippen molar-refractivity contribution >= 4 is 39.5 Å². The quantitative estimate of drug-likeness (QED) is 0.566. The van der Waals surface area contributed by atoms with Gasteiger partial charge in [-0.3, -0.25) is 14.9 Å². The number of amides is 3. The van der Waals surface area contributed by atoms with E-state index in [1.54, 1.807) is 13.8 Å². The maximum Gasteiger partial charge on any atom is 0.325 e. The Morgan fingerprint density at radius 2 is 1.78 bits per heavy atom. The van der Waals surface area contributed by atoms with Crippen LogP contribution in [0.15, 0.2) is 29.2 Å². The number of esters is 1. The minimum atomic E-state index is -4.05. The lowest BCUT2D eigenvalue weighted by Crippen LogP contribution is -2.48. The summed E-state index contributed by atoms with van der Waals surface area (Å²) in [7, 11) is -2.73. The van der Waals surface area contributed by atoms with Crippen molar-refractivity contribution in [2.45, 2.75) is 37.8 Å². The van der Waals surface area contributed by atoms with Crippen molar-refractivity contribution in [2.24, 2.45) is 5.92 Å². The molecule has 3 amide bonds. The molecule has 0 unspecified atom stereocenters. The molecule has 3 N–H and O–H groups in total. The Morgan fingerprint density at radius 1 is 1.15 bits per heavy atom. The van der Waals surface area contributed by atoms with Crippen LogP contribution in [0.4, 0.5) is 4.79 Å². The van der Waals surface area contributed by atoms with Crippen molar-refractivity contribution in [3.63, 3.8) is 0 Å². The van der Waals surface area contributed by atoms with Crippen molar-refractivity contribution in [1.82, 2.24) is 15.4 Å². The molecule has 0 bridgehead atoms. The van der Waals surface area contributed by atoms with E-state index in [-0.39, 0.29) is 9.92 Å². The number of benzene rings is 1. The first-order valence-corrected chi connectivity index (χ1v) is 9.85. The van der Waals surface area contributed by atoms with Crippen LogP contribution < -0.4 is 15.4 Å². The Balaban J connectivity index is 2.90. The van der Waals surface area contributed by atoms with Crippen LogP contribution in [0.2, 0.25) is 5.02 Å². The van der Waals surface area contributed by atoms with Crippen molar-refractivity contribution in [3.05, 3.63) is 29.3 Å². The maximum absolute atomic E-state index is 12.5. The number of carbonyl (C=O) groups excluding carboxylic acids is 3. The minimum absolute atomic E-state index is 0.112. The van der Waals surface area contributed by atoms with E-state index in [2.05, 4.69) is 10.0 Å². The molecule has 27 heavy (non-hydrogen) atoms. The van der Waals surface area contributed by atoms with Crippen LogP contribution in [0.3, 0.4) is 0 Å². The van der Waals surface area contributed by atoms with E-state index >= 15 is 0 Å². The Bertz CT molecular complexity index is 812. The molecule has 0 aliphatic rings. The fraction of sp³-hybridized carbons (Fsp3) is 0.438. The standard InChI is InChI=1S/C16H22ClN3O6S/c1-9(2)13(15(22)26-10(3)14(21)19-16(23)18-4)20-27(24,25)12-7-5-6-11(17)8-12/h5-10,13,20H,1-4H3,(H2,18,19,21,23)/t10-,13-/m0/s1. The molecule has 150 valence electrons. The highest BCUT2D eigenvalue weighted by Gasteiger charge is 2.32. The highest BCUT2D eigenvalue weighted by molar-refractivity contribution is 7.89. The maximum atomic E-state index is 12.5. The smallest absolute Gasteiger partial charge is 0.325 e. The zero-order valence-electron chi connectivity index (χ0n) is 15.3. The highest BCUT2D eigenvalue weighted by atomic mass is 35.5. The van der Waals surface area contributed by atoms with E-state index in [0.717, 1.165) is 0 Å². The molecular weight excluding hydrogens is 398 g/mol. The summed E-state index contributed by atoms with van der Waals surface area (Å²) in [5.74, 6) is -2.27. The molecule has 0 saturated heterocycles. The monoisotopic (exact) mass is 419 g/mol. The Hall–Kier alpha value is -2.17. The lowest BCUT2D eigenvalue weighted by Gasteiger charge is -2.22. The van der Waals surface area contributed by atoms with E-state index in [1.165, 1.54) is 38.2 Å². The number of halogens is 1. The van der Waals surface area contributed by atoms with E-state index in [0.29, 0.717) is 0 Å². The van der Waals surface area contributed by atoms with Gasteiger partial charge in [-0.05, 0) is 31.0 Å². The van der Waals surface area contributed by atoms with Crippen LogP contribution in [0.1, 0.15) is 20.8 Å². The van der Waals surface area contributed by atoms with Gasteiger partial charge in [-0.15, -0.1) is 0 Å². The van der Waals surface area contributed by atoms with E-state index in [1.807, 2.05) is 5.32 Å². The molecule has 0 spiro atoms. The van der Waals surface area contributed by atoms with Gasteiger partial charge in [0.05, 0.1) is 4.90 Å². The number of hydrogen-bond donors (Lipinski definition) is 3. The molecule has 1 rings (SSSR count). The van der Waals surface area contributed by atoms with Crippen LogP contribution in [0.5, 0.6) is 0 Å². The van der Waals surface area contributed by atoms with Crippen molar-refractivity contribution < 1.29 is 27.5 Å². The molecule has 1 aromatic rings. The van der Waals surface area contributed by atoms with Crippen LogP contribution in [-0.4, -0.2) is 45.5 Å². The third-order valence-electron chi connectivity index (χ3n) is 3.44. The number of imide groups is 1. The number of rotatable bonds is 7. The summed E-state index contributed by atoms with van der Waals surface area (Å²) < 4.78 is 32.3. The first-order valence-electron chi connectivity index (χ1n) is 7.99. The largest absolute Gasteiger partial charge is 0.451 e. The topological polar surface area (TPSA) is 131 Å². The lowest BCUT2D eigenvalue weighted by molar-refractivity contribution is -0.157. The summed E-state index contributed by atoms with van der Waals surface area (Å²) in [6.07, 6.45) is -1.30. The number of carbonyl (C=O) groups is 3. The molecule has 0 radical (unpaired) electrons. The molecule has 2 atom stereocenters. The Kier molecular flexibility index (Phi) is 8.20. The number of ether oxygens (including phenoxy) is 1. The van der Waals surface area contributed by atoms with Crippen LogP contribution in [-0.2, 0) is 24.3 Å². The van der Waals surface area contributed by atoms with Gasteiger partial charge in [0.25, 0.3) is 5.91 Å². The molecule has 9 nitrogen and oxygen atoms in total. The molecule has 0 saturated carbocycles. The molecule has 0 aliphatic heterocycles. The van der Waals surface area contributed by atoms with Crippen LogP contribution in [0.25, 0.3) is 0 Å². The number of urea groups is 1. The van der Waals surface area contributed by atoms with E-state index < -0.39 is 46.0 Å². The predicted molar refractivity (Wildman–Crippen MR) is 98.6 cm³/mol. The summed E-state index contributed by atoms with van der Waals surface area (Å²) in [5, 5.41) is 4.37. The molecular formula is C16H22ClN3O6S. The Labute approximate surface area is 162 Å². The first-order chi connectivity index (χ1) is 12.5. The number of nitrogens with one attached hydrogen (secondary N) is 3. The lowest BCUT2D eigenvalue weighted by atomic mass is 10.1. The van der Waals surface area contributed by atoms with Crippen molar-refractivity contribution in [2.75, 3.05) is 7.05 Å². The van der Waals surface area contributed by atoms with Gasteiger partial charge in [0.1, 0.15) is 6.04 Å². The molecule has 0 aromatic heterocycles. The average molecular weight is 420 g/mol.